The molecule has 7 nitrogen and oxygen atoms in total. The molecule has 0 amide bonds. The second kappa shape index (κ2) is 7.60. The van der Waals surface area contributed by atoms with Crippen LogP contribution in [0.5, 0.6) is 11.5 Å². The fourth-order valence-electron chi connectivity index (χ4n) is 1.80. The predicted molar refractivity (Wildman–Crippen MR) is 93.0 cm³/mol. The van der Waals surface area contributed by atoms with Gasteiger partial charge in [0.2, 0.25) is 5.16 Å². The third-order valence-corrected chi connectivity index (χ3v) is 4.42. The normalized spacial score (nSPS) is 11.0. The molecule has 0 saturated heterocycles. The van der Waals surface area contributed by atoms with E-state index in [4.69, 9.17) is 9.47 Å². The van der Waals surface area contributed by atoms with E-state index < -0.39 is 0 Å². The van der Waals surface area contributed by atoms with Gasteiger partial charge in [0.1, 0.15) is 5.69 Å². The zero-order valence-corrected chi connectivity index (χ0v) is 15.4. The second-order valence-corrected chi connectivity index (χ2v) is 5.90. The molecule has 0 saturated carbocycles. The van der Waals surface area contributed by atoms with Gasteiger partial charge in [0.25, 0.3) is 5.56 Å². The first kappa shape index (κ1) is 17.5. The molecule has 0 spiro atoms. The molecule has 1 aromatic heterocycles. The Bertz CT molecular complexity index is 807. The van der Waals surface area contributed by atoms with E-state index in [2.05, 4.69) is 31.2 Å². The fourth-order valence-corrected chi connectivity index (χ4v) is 2.81. The maximum Gasteiger partial charge on any atom is 0.296 e. The minimum absolute atomic E-state index is 0.284. The Morgan fingerprint density at radius 2 is 2.04 bits per heavy atom. The van der Waals surface area contributed by atoms with Crippen LogP contribution >= 0.6 is 27.7 Å². The summed E-state index contributed by atoms with van der Waals surface area (Å²) in [6, 6.07) is 3.57. The molecule has 0 radical (unpaired) electrons. The highest BCUT2D eigenvalue weighted by Crippen LogP contribution is 2.36. The summed E-state index contributed by atoms with van der Waals surface area (Å²) in [4.78, 5) is 12.2. The average molecular weight is 399 g/mol. The van der Waals surface area contributed by atoms with E-state index in [1.807, 2.05) is 0 Å². The second-order valence-electron chi connectivity index (χ2n) is 4.34. The first-order chi connectivity index (χ1) is 11.0. The first-order valence-electron chi connectivity index (χ1n) is 6.48. The van der Waals surface area contributed by atoms with E-state index in [1.165, 1.54) is 16.4 Å². The van der Waals surface area contributed by atoms with E-state index in [0.29, 0.717) is 21.1 Å². The molecule has 1 aromatic carbocycles. The Hall–Kier alpha value is -1.87. The third-order valence-electron chi connectivity index (χ3n) is 2.98. The van der Waals surface area contributed by atoms with Gasteiger partial charge in [-0.2, -0.15) is 9.78 Å². The van der Waals surface area contributed by atoms with Crippen LogP contribution in [-0.2, 0) is 0 Å². The minimum atomic E-state index is -0.308. The van der Waals surface area contributed by atoms with Crippen LogP contribution in [0.15, 0.2) is 31.7 Å². The Kier molecular flexibility index (Phi) is 5.78. The van der Waals surface area contributed by atoms with Crippen LogP contribution in [0.2, 0.25) is 0 Å². The van der Waals surface area contributed by atoms with Crippen molar-refractivity contribution in [2.45, 2.75) is 12.1 Å². The number of aryl methyl sites for hydroxylation is 1. The molecule has 0 bridgehead atoms. The summed E-state index contributed by atoms with van der Waals surface area (Å²) >= 11 is 4.75. The van der Waals surface area contributed by atoms with Gasteiger partial charge in [0, 0.05) is 5.56 Å². The van der Waals surface area contributed by atoms with Crippen molar-refractivity contribution in [1.82, 2.24) is 14.9 Å². The molecule has 0 aliphatic carbocycles. The van der Waals surface area contributed by atoms with Gasteiger partial charge in [0.15, 0.2) is 11.5 Å². The molecule has 0 atom stereocenters. The van der Waals surface area contributed by atoms with E-state index in [0.717, 1.165) is 5.56 Å². The maximum absolute atomic E-state index is 12.2. The SMILES string of the molecule is COc1ccc(/C=N\n2c(SC)nnc(C)c2=O)c(Br)c1OC. The molecule has 122 valence electrons. The Labute approximate surface area is 145 Å². The zero-order valence-electron chi connectivity index (χ0n) is 13.0. The summed E-state index contributed by atoms with van der Waals surface area (Å²) in [5.41, 5.74) is 0.708. The molecule has 0 aliphatic rings. The van der Waals surface area contributed by atoms with Crippen molar-refractivity contribution in [3.63, 3.8) is 0 Å². The Balaban J connectivity index is 2.50. The summed E-state index contributed by atoms with van der Waals surface area (Å²) in [6.07, 6.45) is 3.35. The number of benzene rings is 1. The summed E-state index contributed by atoms with van der Waals surface area (Å²) in [5, 5.41) is 12.4. The highest BCUT2D eigenvalue weighted by molar-refractivity contribution is 9.10. The summed E-state index contributed by atoms with van der Waals surface area (Å²) in [5.74, 6) is 1.15. The van der Waals surface area contributed by atoms with Crippen LogP contribution in [-0.4, -0.2) is 41.6 Å². The number of aromatic nitrogens is 3. The van der Waals surface area contributed by atoms with Crippen molar-refractivity contribution in [2.24, 2.45) is 5.10 Å². The third kappa shape index (κ3) is 3.56. The lowest BCUT2D eigenvalue weighted by Crippen LogP contribution is -2.23. The fraction of sp³-hybridized carbons (Fsp3) is 0.286. The number of hydrogen-bond donors (Lipinski definition) is 0. The van der Waals surface area contributed by atoms with Gasteiger partial charge in [-0.25, -0.2) is 0 Å². The van der Waals surface area contributed by atoms with E-state index in [1.54, 1.807) is 45.7 Å². The van der Waals surface area contributed by atoms with Crippen LogP contribution in [0.4, 0.5) is 0 Å². The van der Waals surface area contributed by atoms with Gasteiger partial charge in [-0.1, -0.05) is 11.8 Å². The van der Waals surface area contributed by atoms with E-state index in [9.17, 15) is 4.79 Å². The van der Waals surface area contributed by atoms with Crippen molar-refractivity contribution in [3.8, 4) is 11.5 Å². The molecular weight excluding hydrogens is 384 g/mol. The van der Waals surface area contributed by atoms with Crippen LogP contribution in [0.1, 0.15) is 11.3 Å². The average Bonchev–Trinajstić information content (AvgIpc) is 2.56. The summed E-state index contributed by atoms with van der Waals surface area (Å²) in [7, 11) is 3.11. The molecule has 0 unspecified atom stereocenters. The van der Waals surface area contributed by atoms with Crippen LogP contribution < -0.4 is 15.0 Å². The van der Waals surface area contributed by atoms with Crippen molar-refractivity contribution in [2.75, 3.05) is 20.5 Å². The lowest BCUT2D eigenvalue weighted by molar-refractivity contribution is 0.353. The molecular formula is C14H15BrN4O3S. The highest BCUT2D eigenvalue weighted by atomic mass is 79.9. The van der Waals surface area contributed by atoms with Crippen LogP contribution in [0, 0.1) is 6.92 Å². The largest absolute Gasteiger partial charge is 0.493 e. The van der Waals surface area contributed by atoms with Crippen LogP contribution in [0.25, 0.3) is 0 Å². The Morgan fingerprint density at radius 3 is 2.65 bits per heavy atom. The van der Waals surface area contributed by atoms with Crippen molar-refractivity contribution >= 4 is 33.9 Å². The van der Waals surface area contributed by atoms with E-state index >= 15 is 0 Å². The highest BCUT2D eigenvalue weighted by Gasteiger charge is 2.12. The summed E-state index contributed by atoms with van der Waals surface area (Å²) < 4.78 is 12.4. The zero-order chi connectivity index (χ0) is 17.0. The molecule has 0 N–H and O–H groups in total. The van der Waals surface area contributed by atoms with Gasteiger partial charge in [0.05, 0.1) is 24.9 Å². The number of ether oxygens (including phenoxy) is 2. The van der Waals surface area contributed by atoms with Gasteiger partial charge in [-0.3, -0.25) is 4.79 Å². The predicted octanol–water partition coefficient (Wildman–Crippen LogP) is 2.33. The standard InChI is InChI=1S/C14H15BrN4O3S/c1-8-13(20)19(14(23-4)18-17-8)16-7-9-5-6-10(21-2)12(22-3)11(9)15/h5-7H,1-4H3/b16-7-. The summed E-state index contributed by atoms with van der Waals surface area (Å²) in [6.45, 7) is 1.60. The number of halogens is 1. The Morgan fingerprint density at radius 1 is 1.30 bits per heavy atom. The maximum atomic E-state index is 12.2. The van der Waals surface area contributed by atoms with Crippen molar-refractivity contribution < 1.29 is 9.47 Å². The lowest BCUT2D eigenvalue weighted by Gasteiger charge is -2.11. The molecule has 2 rings (SSSR count). The quantitative estimate of drug-likeness (QED) is 0.567. The first-order valence-corrected chi connectivity index (χ1v) is 8.50. The van der Waals surface area contributed by atoms with Crippen LogP contribution in [0.3, 0.4) is 0 Å². The number of rotatable bonds is 5. The molecule has 1 heterocycles. The van der Waals surface area contributed by atoms with Gasteiger partial charge >= 0.3 is 0 Å². The molecule has 9 heteroatoms. The number of hydrogen-bond acceptors (Lipinski definition) is 7. The number of nitrogens with zero attached hydrogens (tertiary/aromatic N) is 4. The molecule has 2 aromatic rings. The van der Waals surface area contributed by atoms with E-state index in [-0.39, 0.29) is 11.3 Å². The van der Waals surface area contributed by atoms with Gasteiger partial charge in [-0.15, -0.1) is 10.2 Å². The topological polar surface area (TPSA) is 78.6 Å². The van der Waals surface area contributed by atoms with Crippen molar-refractivity contribution in [1.29, 1.82) is 0 Å². The molecule has 0 aliphatic heterocycles. The number of thioether (sulfide) groups is 1. The lowest BCUT2D eigenvalue weighted by atomic mass is 10.2. The molecule has 23 heavy (non-hydrogen) atoms. The van der Waals surface area contributed by atoms with Gasteiger partial charge < -0.3 is 9.47 Å². The minimum Gasteiger partial charge on any atom is -0.493 e. The monoisotopic (exact) mass is 398 g/mol. The molecule has 0 fully saturated rings. The number of methoxy groups -OCH3 is 2. The smallest absolute Gasteiger partial charge is 0.296 e. The van der Waals surface area contributed by atoms with Gasteiger partial charge in [-0.05, 0) is 41.2 Å². The van der Waals surface area contributed by atoms with Crippen molar-refractivity contribution in [3.05, 3.63) is 38.2 Å².